The highest BCUT2D eigenvalue weighted by Gasteiger charge is 2.26. The Morgan fingerprint density at radius 3 is 2.64 bits per heavy atom. The van der Waals surface area contributed by atoms with E-state index in [1.165, 1.54) is 12.8 Å². The van der Waals surface area contributed by atoms with Gasteiger partial charge >= 0.3 is 6.03 Å². The van der Waals surface area contributed by atoms with E-state index in [-0.39, 0.29) is 11.8 Å². The Labute approximate surface area is 83.6 Å². The molecule has 0 aromatic carbocycles. The van der Waals surface area contributed by atoms with Gasteiger partial charge in [0.1, 0.15) is 0 Å². The molecule has 4 nitrogen and oxygen atoms in total. The molecule has 2 amide bonds. The molecule has 0 radical (unpaired) electrons. The van der Waals surface area contributed by atoms with Gasteiger partial charge in [0.15, 0.2) is 5.78 Å². The van der Waals surface area contributed by atoms with Gasteiger partial charge in [-0.25, -0.2) is 4.79 Å². The van der Waals surface area contributed by atoms with Crippen LogP contribution in [0.1, 0.15) is 32.1 Å². The summed E-state index contributed by atoms with van der Waals surface area (Å²) in [4.78, 5) is 24.2. The van der Waals surface area contributed by atoms with Crippen molar-refractivity contribution in [3.8, 4) is 0 Å². The number of likely N-dealkylation sites (tertiary alicyclic amines) is 1. The van der Waals surface area contributed by atoms with Crippen LogP contribution in [0.15, 0.2) is 0 Å². The fraction of sp³-hybridized carbons (Fsp3) is 0.800. The second kappa shape index (κ2) is 3.98. The molecule has 1 aliphatic heterocycles. The first-order valence-electron chi connectivity index (χ1n) is 5.33. The van der Waals surface area contributed by atoms with E-state index < -0.39 is 0 Å². The Morgan fingerprint density at radius 2 is 2.07 bits per heavy atom. The number of ketones is 1. The summed E-state index contributed by atoms with van der Waals surface area (Å²) in [6, 6.07) is 0.293. The molecule has 0 unspecified atom stereocenters. The zero-order chi connectivity index (χ0) is 9.97. The summed E-state index contributed by atoms with van der Waals surface area (Å²) in [5, 5.41) is 2.98. The van der Waals surface area contributed by atoms with Crippen molar-refractivity contribution in [1.82, 2.24) is 10.2 Å². The molecule has 4 heteroatoms. The number of hydrogen-bond donors (Lipinski definition) is 1. The number of amides is 2. The van der Waals surface area contributed by atoms with Crippen molar-refractivity contribution in [3.05, 3.63) is 0 Å². The summed E-state index contributed by atoms with van der Waals surface area (Å²) in [7, 11) is 0. The predicted octanol–water partition coefficient (Wildman–Crippen LogP) is 0.913. The summed E-state index contributed by atoms with van der Waals surface area (Å²) < 4.78 is 0. The molecule has 0 bridgehead atoms. The van der Waals surface area contributed by atoms with E-state index in [4.69, 9.17) is 0 Å². The first-order chi connectivity index (χ1) is 6.75. The van der Waals surface area contributed by atoms with Crippen LogP contribution in [0.2, 0.25) is 0 Å². The molecule has 0 spiro atoms. The minimum atomic E-state index is -0.0530. The summed E-state index contributed by atoms with van der Waals surface area (Å²) in [6.45, 7) is 0.899. The number of nitrogens with zero attached hydrogens (tertiary/aromatic N) is 1. The SMILES string of the molecule is O=C1CCN(C(=O)NC2CCCC2)C1. The first kappa shape index (κ1) is 9.49. The normalized spacial score (nSPS) is 23.1. The summed E-state index contributed by atoms with van der Waals surface area (Å²) >= 11 is 0. The molecule has 2 fully saturated rings. The van der Waals surface area contributed by atoms with E-state index in [2.05, 4.69) is 5.32 Å². The van der Waals surface area contributed by atoms with Gasteiger partial charge in [-0.15, -0.1) is 0 Å². The molecule has 2 aliphatic rings. The lowest BCUT2D eigenvalue weighted by atomic mass is 10.2. The summed E-state index contributed by atoms with van der Waals surface area (Å²) in [6.07, 6.45) is 5.13. The van der Waals surface area contributed by atoms with E-state index >= 15 is 0 Å². The topological polar surface area (TPSA) is 49.4 Å². The number of nitrogens with one attached hydrogen (secondary N) is 1. The molecule has 1 saturated heterocycles. The third kappa shape index (κ3) is 2.05. The van der Waals surface area contributed by atoms with Crippen LogP contribution in [-0.2, 0) is 4.79 Å². The Hall–Kier alpha value is -1.06. The minimum absolute atomic E-state index is 0.0530. The van der Waals surface area contributed by atoms with Crippen LogP contribution in [0, 0.1) is 0 Å². The van der Waals surface area contributed by atoms with Crippen LogP contribution in [0.25, 0.3) is 0 Å². The fourth-order valence-corrected chi connectivity index (χ4v) is 2.14. The maximum absolute atomic E-state index is 11.6. The highest BCUT2D eigenvalue weighted by molar-refractivity contribution is 5.88. The zero-order valence-corrected chi connectivity index (χ0v) is 8.29. The van der Waals surface area contributed by atoms with Gasteiger partial charge < -0.3 is 10.2 Å². The molecule has 0 aromatic rings. The third-order valence-corrected chi connectivity index (χ3v) is 3.00. The van der Waals surface area contributed by atoms with Gasteiger partial charge in [-0.2, -0.15) is 0 Å². The Balaban J connectivity index is 1.80. The lowest BCUT2D eigenvalue weighted by Crippen LogP contribution is -2.42. The van der Waals surface area contributed by atoms with E-state index in [0.29, 0.717) is 25.6 Å². The van der Waals surface area contributed by atoms with Crippen molar-refractivity contribution in [3.63, 3.8) is 0 Å². The highest BCUT2D eigenvalue weighted by Crippen LogP contribution is 2.18. The lowest BCUT2D eigenvalue weighted by molar-refractivity contribution is -0.116. The average molecular weight is 196 g/mol. The minimum Gasteiger partial charge on any atom is -0.335 e. The van der Waals surface area contributed by atoms with Gasteiger partial charge in [-0.3, -0.25) is 4.79 Å². The Kier molecular flexibility index (Phi) is 2.70. The van der Waals surface area contributed by atoms with Gasteiger partial charge in [0.2, 0.25) is 0 Å². The van der Waals surface area contributed by atoms with Crippen molar-refractivity contribution >= 4 is 11.8 Å². The number of carbonyl (C=O) groups excluding carboxylic acids is 2. The van der Waals surface area contributed by atoms with Crippen molar-refractivity contribution in [2.75, 3.05) is 13.1 Å². The van der Waals surface area contributed by atoms with Gasteiger partial charge in [-0.1, -0.05) is 12.8 Å². The van der Waals surface area contributed by atoms with Crippen LogP contribution in [0.5, 0.6) is 0 Å². The second-order valence-electron chi connectivity index (χ2n) is 4.14. The Bertz CT molecular complexity index is 247. The van der Waals surface area contributed by atoms with E-state index in [9.17, 15) is 9.59 Å². The molecular formula is C10H16N2O2. The van der Waals surface area contributed by atoms with E-state index in [1.54, 1.807) is 4.90 Å². The maximum atomic E-state index is 11.6. The van der Waals surface area contributed by atoms with Gasteiger partial charge in [0, 0.05) is 19.0 Å². The molecule has 1 aliphatic carbocycles. The largest absolute Gasteiger partial charge is 0.335 e. The first-order valence-corrected chi connectivity index (χ1v) is 5.33. The van der Waals surface area contributed by atoms with Gasteiger partial charge in [0.25, 0.3) is 0 Å². The number of Topliss-reactive ketones (excluding diaryl/α,β-unsaturated/α-hetero) is 1. The van der Waals surface area contributed by atoms with E-state index in [1.807, 2.05) is 0 Å². The molecular weight excluding hydrogens is 180 g/mol. The lowest BCUT2D eigenvalue weighted by Gasteiger charge is -2.18. The fourth-order valence-electron chi connectivity index (χ4n) is 2.14. The van der Waals surface area contributed by atoms with Crippen LogP contribution in [-0.4, -0.2) is 35.8 Å². The van der Waals surface area contributed by atoms with Crippen molar-refractivity contribution in [2.45, 2.75) is 38.1 Å². The van der Waals surface area contributed by atoms with Gasteiger partial charge in [-0.05, 0) is 12.8 Å². The van der Waals surface area contributed by atoms with Crippen molar-refractivity contribution in [1.29, 1.82) is 0 Å². The average Bonchev–Trinajstić information content (AvgIpc) is 2.75. The quantitative estimate of drug-likeness (QED) is 0.677. The summed E-state index contributed by atoms with van der Waals surface area (Å²) in [5.74, 6) is 0.173. The molecule has 1 heterocycles. The number of carbonyl (C=O) groups is 2. The molecule has 2 rings (SSSR count). The third-order valence-electron chi connectivity index (χ3n) is 3.00. The van der Waals surface area contributed by atoms with Crippen molar-refractivity contribution < 1.29 is 9.59 Å². The standard InChI is InChI=1S/C10H16N2O2/c13-9-5-6-12(7-9)10(14)11-8-3-1-2-4-8/h8H,1-7H2,(H,11,14). The second-order valence-corrected chi connectivity index (χ2v) is 4.14. The molecule has 0 aromatic heterocycles. The van der Waals surface area contributed by atoms with Crippen molar-refractivity contribution in [2.24, 2.45) is 0 Å². The smallest absolute Gasteiger partial charge is 0.318 e. The molecule has 78 valence electrons. The van der Waals surface area contributed by atoms with Crippen LogP contribution >= 0.6 is 0 Å². The zero-order valence-electron chi connectivity index (χ0n) is 8.29. The summed E-state index contributed by atoms with van der Waals surface area (Å²) in [5.41, 5.74) is 0. The molecule has 1 saturated carbocycles. The molecule has 14 heavy (non-hydrogen) atoms. The highest BCUT2D eigenvalue weighted by atomic mass is 16.2. The number of rotatable bonds is 1. The van der Waals surface area contributed by atoms with Crippen LogP contribution in [0.3, 0.4) is 0 Å². The molecule has 0 atom stereocenters. The van der Waals surface area contributed by atoms with Gasteiger partial charge in [0.05, 0.1) is 6.54 Å². The van der Waals surface area contributed by atoms with Crippen LogP contribution < -0.4 is 5.32 Å². The molecule has 1 N–H and O–H groups in total. The maximum Gasteiger partial charge on any atom is 0.318 e. The monoisotopic (exact) mass is 196 g/mol. The number of urea groups is 1. The number of hydrogen-bond acceptors (Lipinski definition) is 2. The predicted molar refractivity (Wildman–Crippen MR) is 52.0 cm³/mol. The van der Waals surface area contributed by atoms with Crippen LogP contribution in [0.4, 0.5) is 4.79 Å². The Morgan fingerprint density at radius 1 is 1.36 bits per heavy atom. The van der Waals surface area contributed by atoms with E-state index in [0.717, 1.165) is 12.8 Å².